The van der Waals surface area contributed by atoms with Gasteiger partial charge in [0.25, 0.3) is 11.8 Å². The van der Waals surface area contributed by atoms with Crippen LogP contribution in [0, 0.1) is 0 Å². The Morgan fingerprint density at radius 1 is 0.789 bits per heavy atom. The van der Waals surface area contributed by atoms with Gasteiger partial charge in [0.1, 0.15) is 0 Å². The van der Waals surface area contributed by atoms with Crippen LogP contribution >= 0.6 is 0 Å². The monoisotopic (exact) mass is 262 g/mol. The summed E-state index contributed by atoms with van der Waals surface area (Å²) in [7, 11) is 0. The normalized spacial score (nSPS) is 9.32. The Bertz CT molecular complexity index is 383. The molecule has 0 aliphatic rings. The highest BCUT2D eigenvalue weighted by atomic mass is 16.2. The van der Waals surface area contributed by atoms with E-state index in [9.17, 15) is 19.2 Å². The fourth-order valence-electron chi connectivity index (χ4n) is 1.08. The lowest BCUT2D eigenvalue weighted by Gasteiger charge is -2.16. The third kappa shape index (κ3) is 4.29. The molecule has 19 heavy (non-hydrogen) atoms. The van der Waals surface area contributed by atoms with Gasteiger partial charge in [-0.3, -0.25) is 9.59 Å². The van der Waals surface area contributed by atoms with Gasteiger partial charge in [0, 0.05) is 12.2 Å². The third-order valence-corrected chi connectivity index (χ3v) is 2.05. The summed E-state index contributed by atoms with van der Waals surface area (Å²) >= 11 is 0. The molecule has 0 bridgehead atoms. The van der Waals surface area contributed by atoms with Crippen molar-refractivity contribution in [3.05, 3.63) is 50.6 Å². The molecule has 4 amide bonds. The van der Waals surface area contributed by atoms with Gasteiger partial charge >= 0.3 is 11.8 Å². The lowest BCUT2D eigenvalue weighted by atomic mass is 10.4. The van der Waals surface area contributed by atoms with Crippen molar-refractivity contribution in [2.75, 3.05) is 6.67 Å². The van der Waals surface area contributed by atoms with Gasteiger partial charge in [-0.25, -0.2) is 14.5 Å². The van der Waals surface area contributed by atoms with E-state index in [2.05, 4.69) is 26.3 Å². The van der Waals surface area contributed by atoms with Crippen molar-refractivity contribution in [2.24, 2.45) is 0 Å². The van der Waals surface area contributed by atoms with Gasteiger partial charge in [-0.1, -0.05) is 26.3 Å². The van der Waals surface area contributed by atoms with Gasteiger partial charge in [0.05, 0.1) is 0 Å². The fourth-order valence-corrected chi connectivity index (χ4v) is 1.08. The van der Waals surface area contributed by atoms with Crippen LogP contribution in [-0.2, 0) is 19.2 Å². The highest BCUT2D eigenvalue weighted by molar-refractivity contribution is 6.09. The summed E-state index contributed by atoms with van der Waals surface area (Å²) in [6.45, 7) is 12.4. The zero-order chi connectivity index (χ0) is 15.0. The van der Waals surface area contributed by atoms with Crippen molar-refractivity contribution in [1.82, 2.24) is 9.80 Å². The second kappa shape index (κ2) is 7.67. The molecule has 0 N–H and O–H groups in total. The maximum atomic E-state index is 11.5. The zero-order valence-corrected chi connectivity index (χ0v) is 10.4. The molecule has 0 aromatic heterocycles. The summed E-state index contributed by atoms with van der Waals surface area (Å²) in [4.78, 5) is 47.3. The summed E-state index contributed by atoms with van der Waals surface area (Å²) in [5, 5.41) is 0. The van der Waals surface area contributed by atoms with Crippen molar-refractivity contribution >= 4 is 23.6 Å². The van der Waals surface area contributed by atoms with Gasteiger partial charge in [-0.2, -0.15) is 0 Å². The second-order valence-corrected chi connectivity index (χ2v) is 3.17. The molecule has 0 atom stereocenters. The Balaban J connectivity index is 5.35. The Morgan fingerprint density at radius 3 is 1.42 bits per heavy atom. The molecule has 0 aliphatic carbocycles. The smallest absolute Gasteiger partial charge is 0.269 e. The SMILES string of the molecule is C=CC(=O)N(C[N+](C(=O)C=C)C(=O)C=C)C(=O)C=C. The largest absolute Gasteiger partial charge is 0.395 e. The summed E-state index contributed by atoms with van der Waals surface area (Å²) in [6, 6.07) is 0. The van der Waals surface area contributed by atoms with Crippen LogP contribution in [0.15, 0.2) is 50.6 Å². The number of carbonyl (C=O) groups is 4. The second-order valence-electron chi connectivity index (χ2n) is 3.17. The molecule has 0 saturated heterocycles. The molecule has 0 spiro atoms. The lowest BCUT2D eigenvalue weighted by Crippen LogP contribution is -2.51. The van der Waals surface area contributed by atoms with Gasteiger partial charge in [0.2, 0.25) is 6.67 Å². The number of imide groups is 2. The van der Waals surface area contributed by atoms with E-state index in [0.29, 0.717) is 9.80 Å². The molecule has 6 nitrogen and oxygen atoms in total. The topological polar surface area (TPSA) is 77.4 Å². The molecular formula is C13H14N2O4+. The van der Waals surface area contributed by atoms with Crippen molar-refractivity contribution in [3.8, 4) is 0 Å². The minimum Gasteiger partial charge on any atom is -0.269 e. The summed E-state index contributed by atoms with van der Waals surface area (Å²) < 4.78 is 0. The quantitative estimate of drug-likeness (QED) is 0.390. The summed E-state index contributed by atoms with van der Waals surface area (Å²) in [5.41, 5.74) is 0. The lowest BCUT2D eigenvalue weighted by molar-refractivity contribution is -0.142. The predicted octanol–water partition coefficient (Wildman–Crippen LogP) is 0.236. The van der Waals surface area contributed by atoms with E-state index in [4.69, 9.17) is 0 Å². The molecule has 0 aromatic rings. The van der Waals surface area contributed by atoms with Crippen molar-refractivity contribution < 1.29 is 19.2 Å². The number of hydrogen-bond acceptors (Lipinski definition) is 4. The van der Waals surface area contributed by atoms with E-state index in [-0.39, 0.29) is 0 Å². The molecule has 0 aromatic carbocycles. The first-order valence-corrected chi connectivity index (χ1v) is 5.13. The molecule has 0 saturated carbocycles. The van der Waals surface area contributed by atoms with Crippen molar-refractivity contribution in [1.29, 1.82) is 0 Å². The number of rotatable bonds is 6. The minimum absolute atomic E-state index is 0.564. The Morgan fingerprint density at radius 2 is 1.16 bits per heavy atom. The van der Waals surface area contributed by atoms with E-state index in [1.54, 1.807) is 0 Å². The number of hydrogen-bond donors (Lipinski definition) is 0. The van der Waals surface area contributed by atoms with Crippen LogP contribution < -0.4 is 4.90 Å². The molecular weight excluding hydrogens is 248 g/mol. The van der Waals surface area contributed by atoms with Crippen LogP contribution in [0.4, 0.5) is 0 Å². The van der Waals surface area contributed by atoms with E-state index < -0.39 is 30.3 Å². The molecule has 0 fully saturated rings. The van der Waals surface area contributed by atoms with Gasteiger partial charge < -0.3 is 0 Å². The van der Waals surface area contributed by atoms with Gasteiger partial charge in [-0.05, 0) is 17.1 Å². The molecule has 0 rings (SSSR count). The van der Waals surface area contributed by atoms with Crippen molar-refractivity contribution in [2.45, 2.75) is 0 Å². The van der Waals surface area contributed by atoms with Gasteiger partial charge in [-0.15, -0.1) is 0 Å². The molecule has 0 unspecified atom stereocenters. The molecule has 6 heteroatoms. The first-order chi connectivity index (χ1) is 8.92. The standard InChI is InChI=1S/C13H14N2O4/c1-5-10(16)14(11(17)6-2)9-15(12(18)7-3)13(19)8-4/h5-8H,1-4,9H2/q+1. The van der Waals surface area contributed by atoms with E-state index in [1.165, 1.54) is 0 Å². The highest BCUT2D eigenvalue weighted by Gasteiger charge is 2.36. The van der Waals surface area contributed by atoms with E-state index in [1.807, 2.05) is 0 Å². The Kier molecular flexibility index (Phi) is 6.62. The van der Waals surface area contributed by atoms with Crippen LogP contribution in [0.3, 0.4) is 0 Å². The van der Waals surface area contributed by atoms with Crippen LogP contribution in [0.1, 0.15) is 0 Å². The van der Waals surface area contributed by atoms with Crippen LogP contribution in [0.25, 0.3) is 0 Å². The summed E-state index contributed by atoms with van der Waals surface area (Å²) in [6.07, 6.45) is 3.54. The number of carbonyl (C=O) groups excluding carboxylic acids is 4. The first kappa shape index (κ1) is 16.4. The maximum absolute atomic E-state index is 11.5. The van der Waals surface area contributed by atoms with Crippen LogP contribution in [0.2, 0.25) is 0 Å². The maximum Gasteiger partial charge on any atom is 0.395 e. The van der Waals surface area contributed by atoms with Crippen molar-refractivity contribution in [3.63, 3.8) is 0 Å². The zero-order valence-electron chi connectivity index (χ0n) is 10.4. The Labute approximate surface area is 111 Å². The molecule has 1 radical (unpaired) electrons. The molecule has 0 aliphatic heterocycles. The molecule has 99 valence electrons. The average Bonchev–Trinajstić information content (AvgIpc) is 2.45. The number of nitrogens with zero attached hydrogens (tertiary/aromatic N) is 2. The highest BCUT2D eigenvalue weighted by Crippen LogP contribution is 1.99. The third-order valence-electron chi connectivity index (χ3n) is 2.05. The average molecular weight is 262 g/mol. The van der Waals surface area contributed by atoms with Crippen LogP contribution in [-0.4, -0.2) is 35.2 Å². The van der Waals surface area contributed by atoms with Crippen LogP contribution in [0.5, 0.6) is 0 Å². The predicted molar refractivity (Wildman–Crippen MR) is 69.7 cm³/mol. The van der Waals surface area contributed by atoms with E-state index in [0.717, 1.165) is 24.3 Å². The van der Waals surface area contributed by atoms with Gasteiger partial charge in [0.15, 0.2) is 0 Å². The Hall–Kier alpha value is -2.60. The first-order valence-electron chi connectivity index (χ1n) is 5.13. The fraction of sp³-hybridized carbons (Fsp3) is 0.0769. The molecule has 0 heterocycles. The van der Waals surface area contributed by atoms with E-state index >= 15 is 0 Å². The summed E-state index contributed by atoms with van der Waals surface area (Å²) in [5.74, 6) is -3.04. The minimum atomic E-state index is -0.761. The number of amides is 4.